The normalized spacial score (nSPS) is 17.9. The molecule has 1 saturated heterocycles. The number of nitrogens with one attached hydrogen (secondary N) is 1. The lowest BCUT2D eigenvalue weighted by Crippen LogP contribution is -2.44. The number of benzene rings is 1. The van der Waals surface area contributed by atoms with Crippen LogP contribution in [-0.2, 0) is 6.18 Å². The van der Waals surface area contributed by atoms with E-state index in [1.807, 2.05) is 0 Å². The van der Waals surface area contributed by atoms with Crippen molar-refractivity contribution in [2.75, 3.05) is 26.2 Å². The minimum absolute atomic E-state index is 0. The predicted octanol–water partition coefficient (Wildman–Crippen LogP) is 3.91. The molecule has 1 aliphatic rings. The minimum atomic E-state index is -4.44. The molecule has 0 aromatic heterocycles. The third kappa shape index (κ3) is 4.13. The Morgan fingerprint density at radius 2 is 1.90 bits per heavy atom. The maximum absolute atomic E-state index is 12.9. The molecule has 1 aromatic carbocycles. The Balaban J connectivity index is 0.00000220. The first-order chi connectivity index (χ1) is 9.45. The number of alkyl halides is 3. The van der Waals surface area contributed by atoms with Crippen molar-refractivity contribution in [1.82, 2.24) is 10.2 Å². The Labute approximate surface area is 133 Å². The zero-order valence-corrected chi connectivity index (χ0v) is 12.9. The average Bonchev–Trinajstić information content (AvgIpc) is 2.41. The lowest BCUT2D eigenvalue weighted by Gasteiger charge is -2.34. The molecule has 1 aliphatic heterocycles. The first kappa shape index (κ1) is 18.3. The van der Waals surface area contributed by atoms with E-state index in [0.29, 0.717) is 5.56 Å². The molecule has 0 bridgehead atoms. The van der Waals surface area contributed by atoms with Crippen molar-refractivity contribution in [1.29, 1.82) is 0 Å². The summed E-state index contributed by atoms with van der Waals surface area (Å²) in [6.45, 7) is 6.86. The van der Waals surface area contributed by atoms with Crippen LogP contribution in [0.5, 0.6) is 0 Å². The van der Waals surface area contributed by atoms with E-state index in [2.05, 4.69) is 16.8 Å². The number of nitrogens with zero attached hydrogens (tertiary/aromatic N) is 1. The first-order valence-electron chi connectivity index (χ1n) is 6.38. The lowest BCUT2D eigenvalue weighted by atomic mass is 10.0. The SMILES string of the molecule is C=C[C@@H](c1cccc(C(F)(F)F)c1Cl)N1CCNCC1.Cl. The van der Waals surface area contributed by atoms with Gasteiger partial charge in [-0.15, -0.1) is 19.0 Å². The largest absolute Gasteiger partial charge is 0.417 e. The van der Waals surface area contributed by atoms with E-state index in [1.165, 1.54) is 6.07 Å². The maximum Gasteiger partial charge on any atom is 0.417 e. The third-order valence-corrected chi connectivity index (χ3v) is 3.84. The summed E-state index contributed by atoms with van der Waals surface area (Å²) in [7, 11) is 0. The number of halogens is 5. The van der Waals surface area contributed by atoms with Crippen molar-refractivity contribution in [3.63, 3.8) is 0 Å². The zero-order chi connectivity index (χ0) is 14.8. The smallest absolute Gasteiger partial charge is 0.314 e. The van der Waals surface area contributed by atoms with Crippen LogP contribution in [0, 0.1) is 0 Å². The van der Waals surface area contributed by atoms with E-state index in [0.717, 1.165) is 32.2 Å². The fourth-order valence-corrected chi connectivity index (χ4v) is 2.78. The molecule has 1 atom stereocenters. The Morgan fingerprint density at radius 1 is 1.29 bits per heavy atom. The second-order valence-corrected chi connectivity index (χ2v) is 5.05. The van der Waals surface area contributed by atoms with E-state index in [-0.39, 0.29) is 23.5 Å². The number of hydrogen-bond donors (Lipinski definition) is 1. The summed E-state index contributed by atoms with van der Waals surface area (Å²) < 4.78 is 38.7. The first-order valence-corrected chi connectivity index (χ1v) is 6.76. The molecule has 21 heavy (non-hydrogen) atoms. The van der Waals surface area contributed by atoms with Crippen LogP contribution in [-0.4, -0.2) is 31.1 Å². The summed E-state index contributed by atoms with van der Waals surface area (Å²) in [6, 6.07) is 3.73. The van der Waals surface area contributed by atoms with Gasteiger partial charge in [0.2, 0.25) is 0 Å². The summed E-state index contributed by atoms with van der Waals surface area (Å²) in [4.78, 5) is 2.07. The highest BCUT2D eigenvalue weighted by Gasteiger charge is 2.35. The summed E-state index contributed by atoms with van der Waals surface area (Å²) in [5.41, 5.74) is -0.336. The van der Waals surface area contributed by atoms with Crippen LogP contribution in [0.3, 0.4) is 0 Å². The van der Waals surface area contributed by atoms with Crippen molar-refractivity contribution in [3.8, 4) is 0 Å². The highest BCUT2D eigenvalue weighted by atomic mass is 35.5. The molecule has 118 valence electrons. The zero-order valence-electron chi connectivity index (χ0n) is 11.3. The summed E-state index contributed by atoms with van der Waals surface area (Å²) in [5.74, 6) is 0. The quantitative estimate of drug-likeness (QED) is 0.839. The van der Waals surface area contributed by atoms with Crippen molar-refractivity contribution < 1.29 is 13.2 Å². The van der Waals surface area contributed by atoms with Gasteiger partial charge in [0.1, 0.15) is 0 Å². The molecule has 0 aliphatic carbocycles. The van der Waals surface area contributed by atoms with Gasteiger partial charge in [0.25, 0.3) is 0 Å². The Bertz CT molecular complexity index is 486. The van der Waals surface area contributed by atoms with E-state index in [9.17, 15) is 13.2 Å². The second-order valence-electron chi connectivity index (χ2n) is 4.67. The van der Waals surface area contributed by atoms with Crippen molar-refractivity contribution in [3.05, 3.63) is 47.0 Å². The number of piperazine rings is 1. The van der Waals surface area contributed by atoms with E-state index in [1.54, 1.807) is 12.1 Å². The standard InChI is InChI=1S/C14H16ClF3N2.ClH/c1-2-12(20-8-6-19-7-9-20)10-4-3-5-11(13(10)15)14(16,17)18;/h2-5,12,19H,1,6-9H2;1H/t12-;/m0./s1. The van der Waals surface area contributed by atoms with E-state index < -0.39 is 11.7 Å². The molecule has 0 amide bonds. The molecule has 7 heteroatoms. The summed E-state index contributed by atoms with van der Waals surface area (Å²) in [6.07, 6.45) is -2.80. The van der Waals surface area contributed by atoms with Crippen molar-refractivity contribution in [2.24, 2.45) is 0 Å². The summed E-state index contributed by atoms with van der Waals surface area (Å²) in [5, 5.41) is 2.97. The average molecular weight is 341 g/mol. The van der Waals surface area contributed by atoms with Gasteiger partial charge in [-0.1, -0.05) is 29.8 Å². The predicted molar refractivity (Wildman–Crippen MR) is 81.1 cm³/mol. The molecular weight excluding hydrogens is 324 g/mol. The molecule has 0 radical (unpaired) electrons. The minimum Gasteiger partial charge on any atom is -0.314 e. The van der Waals surface area contributed by atoms with Gasteiger partial charge in [0, 0.05) is 26.2 Å². The van der Waals surface area contributed by atoms with Gasteiger partial charge in [-0.2, -0.15) is 13.2 Å². The van der Waals surface area contributed by atoms with Gasteiger partial charge in [0.05, 0.1) is 16.6 Å². The second kappa shape index (κ2) is 7.49. The Kier molecular flexibility index (Phi) is 6.53. The molecule has 2 rings (SSSR count). The molecule has 1 fully saturated rings. The van der Waals surface area contributed by atoms with Gasteiger partial charge in [0.15, 0.2) is 0 Å². The lowest BCUT2D eigenvalue weighted by molar-refractivity contribution is -0.137. The van der Waals surface area contributed by atoms with Crippen LogP contribution in [0.1, 0.15) is 17.2 Å². The van der Waals surface area contributed by atoms with Crippen LogP contribution >= 0.6 is 24.0 Å². The molecule has 0 unspecified atom stereocenters. The fourth-order valence-electron chi connectivity index (χ4n) is 2.43. The molecular formula is C14H17Cl2F3N2. The van der Waals surface area contributed by atoms with Crippen molar-refractivity contribution in [2.45, 2.75) is 12.2 Å². The number of hydrogen-bond acceptors (Lipinski definition) is 2. The van der Waals surface area contributed by atoms with E-state index >= 15 is 0 Å². The van der Waals surface area contributed by atoms with Crippen LogP contribution < -0.4 is 5.32 Å². The molecule has 1 heterocycles. The van der Waals surface area contributed by atoms with Crippen LogP contribution in [0.25, 0.3) is 0 Å². The van der Waals surface area contributed by atoms with Gasteiger partial charge < -0.3 is 5.32 Å². The van der Waals surface area contributed by atoms with Gasteiger partial charge in [-0.25, -0.2) is 0 Å². The van der Waals surface area contributed by atoms with Gasteiger partial charge in [-0.05, 0) is 11.6 Å². The third-order valence-electron chi connectivity index (χ3n) is 3.42. The number of rotatable bonds is 3. The highest BCUT2D eigenvalue weighted by molar-refractivity contribution is 6.32. The van der Waals surface area contributed by atoms with Crippen LogP contribution in [0.2, 0.25) is 5.02 Å². The molecule has 2 nitrogen and oxygen atoms in total. The molecule has 1 N–H and O–H groups in total. The molecule has 0 spiro atoms. The summed E-state index contributed by atoms with van der Waals surface area (Å²) >= 11 is 5.98. The topological polar surface area (TPSA) is 15.3 Å². The molecule has 1 aromatic rings. The monoisotopic (exact) mass is 340 g/mol. The Morgan fingerprint density at radius 3 is 2.43 bits per heavy atom. The van der Waals surface area contributed by atoms with Crippen LogP contribution in [0.4, 0.5) is 13.2 Å². The highest BCUT2D eigenvalue weighted by Crippen LogP contribution is 2.39. The maximum atomic E-state index is 12.9. The van der Waals surface area contributed by atoms with E-state index in [4.69, 9.17) is 11.6 Å². The van der Waals surface area contributed by atoms with Gasteiger partial charge in [-0.3, -0.25) is 4.90 Å². The molecule has 0 saturated carbocycles. The van der Waals surface area contributed by atoms with Crippen LogP contribution in [0.15, 0.2) is 30.9 Å². The fraction of sp³-hybridized carbons (Fsp3) is 0.429. The van der Waals surface area contributed by atoms with Crippen molar-refractivity contribution >= 4 is 24.0 Å². The van der Waals surface area contributed by atoms with Gasteiger partial charge >= 0.3 is 6.18 Å². The Hall–Kier alpha value is -0.750.